The number of thiazole rings is 1. The molecule has 0 radical (unpaired) electrons. The molecule has 3 heterocycles. The van der Waals surface area contributed by atoms with Gasteiger partial charge in [-0.15, -0.1) is 11.3 Å². The van der Waals surface area contributed by atoms with E-state index in [1.807, 2.05) is 26.0 Å². The van der Waals surface area contributed by atoms with Crippen LogP contribution in [0.25, 0.3) is 10.2 Å². The minimum Gasteiger partial charge on any atom is -0.301 e. The highest BCUT2D eigenvalue weighted by Gasteiger charge is 2.40. The van der Waals surface area contributed by atoms with Gasteiger partial charge in [-0.3, -0.25) is 4.79 Å². The van der Waals surface area contributed by atoms with Crippen molar-refractivity contribution in [3.8, 4) is 0 Å². The van der Waals surface area contributed by atoms with Gasteiger partial charge in [-0.2, -0.15) is 4.31 Å². The molecule has 1 N–H and O–H groups in total. The number of fused-ring (bicyclic) bond motifs is 1. The summed E-state index contributed by atoms with van der Waals surface area (Å²) in [6, 6.07) is 6.62. The number of hydrogen-bond donors (Lipinski definition) is 1. The van der Waals surface area contributed by atoms with Crippen molar-refractivity contribution in [2.75, 3.05) is 11.9 Å². The molecule has 0 spiro atoms. The molecule has 1 aromatic carbocycles. The van der Waals surface area contributed by atoms with Crippen molar-refractivity contribution in [2.24, 2.45) is 0 Å². The van der Waals surface area contributed by atoms with Crippen LogP contribution in [0.5, 0.6) is 0 Å². The largest absolute Gasteiger partial charge is 0.301 e. The fourth-order valence-corrected chi connectivity index (χ4v) is 7.11. The van der Waals surface area contributed by atoms with Crippen molar-refractivity contribution in [2.45, 2.75) is 36.9 Å². The first kappa shape index (κ1) is 18.5. The van der Waals surface area contributed by atoms with Crippen LogP contribution in [-0.4, -0.2) is 36.2 Å². The number of anilines is 1. The summed E-state index contributed by atoms with van der Waals surface area (Å²) in [5.41, 5.74) is 3.04. The molecule has 2 aromatic heterocycles. The van der Waals surface area contributed by atoms with E-state index < -0.39 is 16.1 Å². The maximum Gasteiger partial charge on any atom is 0.253 e. The maximum absolute atomic E-state index is 12.8. The Morgan fingerprint density at radius 1 is 1.26 bits per heavy atom. The molecule has 1 fully saturated rings. The zero-order valence-corrected chi connectivity index (χ0v) is 17.4. The number of sulfonamides is 1. The molecule has 1 amide bonds. The second-order valence-electron chi connectivity index (χ2n) is 6.59. The van der Waals surface area contributed by atoms with Crippen molar-refractivity contribution in [3.05, 3.63) is 40.8 Å². The number of aryl methyl sites for hydroxylation is 2. The third-order valence-corrected chi connectivity index (χ3v) is 9.12. The first-order chi connectivity index (χ1) is 12.9. The Morgan fingerprint density at radius 3 is 2.74 bits per heavy atom. The van der Waals surface area contributed by atoms with Crippen LogP contribution in [0, 0.1) is 13.8 Å². The Hall–Kier alpha value is -1.81. The van der Waals surface area contributed by atoms with Crippen molar-refractivity contribution in [3.63, 3.8) is 0 Å². The van der Waals surface area contributed by atoms with Crippen molar-refractivity contribution >= 4 is 54.0 Å². The van der Waals surface area contributed by atoms with Crippen LogP contribution in [0.2, 0.25) is 0 Å². The molecule has 9 heteroatoms. The van der Waals surface area contributed by atoms with Crippen LogP contribution < -0.4 is 5.32 Å². The Morgan fingerprint density at radius 2 is 2.04 bits per heavy atom. The smallest absolute Gasteiger partial charge is 0.253 e. The zero-order chi connectivity index (χ0) is 19.2. The van der Waals surface area contributed by atoms with E-state index in [-0.39, 0.29) is 10.1 Å². The highest BCUT2D eigenvalue weighted by atomic mass is 32.2. The molecule has 3 aromatic rings. The van der Waals surface area contributed by atoms with Gasteiger partial charge in [0.2, 0.25) is 5.91 Å². The number of nitrogens with one attached hydrogen (secondary N) is 1. The summed E-state index contributed by atoms with van der Waals surface area (Å²) in [6.45, 7) is 4.35. The monoisotopic (exact) mass is 421 g/mol. The van der Waals surface area contributed by atoms with Crippen molar-refractivity contribution in [1.82, 2.24) is 9.29 Å². The molecule has 1 aliphatic heterocycles. The average Bonchev–Trinajstić information content (AvgIpc) is 3.38. The summed E-state index contributed by atoms with van der Waals surface area (Å²) >= 11 is 2.59. The Bertz CT molecular complexity index is 1060. The fraction of sp³-hybridized carbons (Fsp3) is 0.333. The molecule has 1 atom stereocenters. The van der Waals surface area contributed by atoms with Crippen molar-refractivity contribution in [1.29, 1.82) is 0 Å². The molecule has 1 unspecified atom stereocenters. The quantitative estimate of drug-likeness (QED) is 0.695. The molecule has 142 valence electrons. The highest BCUT2D eigenvalue weighted by Crippen LogP contribution is 2.33. The Balaban J connectivity index is 1.59. The molecule has 6 nitrogen and oxygen atoms in total. The van der Waals surface area contributed by atoms with Gasteiger partial charge in [0, 0.05) is 6.54 Å². The number of thiophene rings is 1. The number of carbonyl (C=O) groups is 1. The van der Waals surface area contributed by atoms with Gasteiger partial charge in [0.25, 0.3) is 10.0 Å². The standard InChI is InChI=1S/C18H19N3O3S3/c1-11-7-8-12(2)16-15(11)19-18(26-16)20-17(22)13-5-3-9-21(13)27(23,24)14-6-4-10-25-14/h4,6-8,10,13H,3,5,9H2,1-2H3,(H,19,20,22). The van der Waals surface area contributed by atoms with E-state index in [0.717, 1.165) is 21.3 Å². The fourth-order valence-electron chi connectivity index (χ4n) is 3.32. The first-order valence-electron chi connectivity index (χ1n) is 8.61. The molecular formula is C18H19N3O3S3. The van der Waals surface area contributed by atoms with Gasteiger partial charge in [0.05, 0.1) is 10.2 Å². The summed E-state index contributed by atoms with van der Waals surface area (Å²) in [7, 11) is -3.65. The lowest BCUT2D eigenvalue weighted by Gasteiger charge is -2.22. The topological polar surface area (TPSA) is 79.4 Å². The average molecular weight is 422 g/mol. The number of amides is 1. The van der Waals surface area contributed by atoms with Gasteiger partial charge < -0.3 is 5.32 Å². The normalized spacial score (nSPS) is 18.2. The first-order valence-corrected chi connectivity index (χ1v) is 11.7. The zero-order valence-electron chi connectivity index (χ0n) is 14.9. The van der Waals surface area contributed by atoms with E-state index in [0.29, 0.717) is 24.5 Å². The minimum atomic E-state index is -3.65. The molecule has 0 saturated carbocycles. The van der Waals surface area contributed by atoms with Crippen molar-refractivity contribution < 1.29 is 13.2 Å². The van der Waals surface area contributed by atoms with Gasteiger partial charge in [0.1, 0.15) is 10.3 Å². The number of carbonyl (C=O) groups excluding carboxylic acids is 1. The lowest BCUT2D eigenvalue weighted by molar-refractivity contribution is -0.119. The summed E-state index contributed by atoms with van der Waals surface area (Å²) in [4.78, 5) is 17.4. The predicted molar refractivity (Wildman–Crippen MR) is 109 cm³/mol. The van der Waals surface area contributed by atoms with Crippen LogP contribution >= 0.6 is 22.7 Å². The van der Waals surface area contributed by atoms with Gasteiger partial charge in [-0.1, -0.05) is 29.5 Å². The van der Waals surface area contributed by atoms with E-state index in [2.05, 4.69) is 10.3 Å². The minimum absolute atomic E-state index is 0.272. The van der Waals surface area contributed by atoms with Gasteiger partial charge in [-0.05, 0) is 49.3 Å². The van der Waals surface area contributed by atoms with E-state index in [9.17, 15) is 13.2 Å². The van der Waals surface area contributed by atoms with Crippen LogP contribution in [0.15, 0.2) is 33.9 Å². The van der Waals surface area contributed by atoms with Crippen LogP contribution in [0.1, 0.15) is 24.0 Å². The highest BCUT2D eigenvalue weighted by molar-refractivity contribution is 7.91. The number of benzene rings is 1. The summed E-state index contributed by atoms with van der Waals surface area (Å²) in [6.07, 6.45) is 1.18. The number of rotatable bonds is 4. The van der Waals surface area contributed by atoms with Gasteiger partial charge in [0.15, 0.2) is 5.13 Å². The second-order valence-corrected chi connectivity index (χ2v) is 10.7. The van der Waals surface area contributed by atoms with E-state index in [1.165, 1.54) is 27.0 Å². The lowest BCUT2D eigenvalue weighted by Crippen LogP contribution is -2.42. The van der Waals surface area contributed by atoms with Gasteiger partial charge >= 0.3 is 0 Å². The number of nitrogens with zero attached hydrogens (tertiary/aromatic N) is 2. The summed E-state index contributed by atoms with van der Waals surface area (Å²) in [5.74, 6) is -0.318. The molecule has 4 rings (SSSR count). The lowest BCUT2D eigenvalue weighted by atomic mass is 10.1. The molecule has 1 saturated heterocycles. The molecular weight excluding hydrogens is 402 g/mol. The van der Waals surface area contributed by atoms with E-state index in [4.69, 9.17) is 0 Å². The third-order valence-electron chi connectivity index (χ3n) is 4.74. The van der Waals surface area contributed by atoms with Crippen LogP contribution in [-0.2, 0) is 14.8 Å². The summed E-state index contributed by atoms with van der Waals surface area (Å²) < 4.78 is 28.3. The predicted octanol–water partition coefficient (Wildman–Crippen LogP) is 3.77. The molecule has 0 bridgehead atoms. The maximum atomic E-state index is 12.8. The Labute approximate surface area is 165 Å². The van der Waals surface area contributed by atoms with Crippen LogP contribution in [0.4, 0.5) is 5.13 Å². The number of hydrogen-bond acceptors (Lipinski definition) is 6. The van der Waals surface area contributed by atoms with E-state index >= 15 is 0 Å². The van der Waals surface area contributed by atoms with E-state index in [1.54, 1.807) is 17.5 Å². The van der Waals surface area contributed by atoms with Gasteiger partial charge in [-0.25, -0.2) is 13.4 Å². The molecule has 0 aliphatic carbocycles. The summed E-state index contributed by atoms with van der Waals surface area (Å²) in [5, 5.41) is 5.07. The molecule has 27 heavy (non-hydrogen) atoms. The molecule has 1 aliphatic rings. The second kappa shape index (κ2) is 6.97. The SMILES string of the molecule is Cc1ccc(C)c2sc(NC(=O)C3CCCN3S(=O)(=O)c3cccs3)nc12. The van der Waals surface area contributed by atoms with Crippen LogP contribution in [0.3, 0.4) is 0 Å². The number of aromatic nitrogens is 1. The third kappa shape index (κ3) is 3.29. The Kier molecular flexibility index (Phi) is 4.79.